The number of hydrogen-bond acceptors (Lipinski definition) is 4. The minimum Gasteiger partial charge on any atom is -0.478 e. The first-order valence-electron chi connectivity index (χ1n) is 5.70. The Hall–Kier alpha value is -1.50. The van der Waals surface area contributed by atoms with E-state index in [1.165, 1.54) is 18.7 Å². The van der Waals surface area contributed by atoms with Crippen LogP contribution in [0.4, 0.5) is 4.79 Å². The highest BCUT2D eigenvalue weighted by atomic mass is 32.2. The van der Waals surface area contributed by atoms with E-state index in [2.05, 4.69) is 5.32 Å². The maximum absolute atomic E-state index is 11.8. The standard InChI is InChI=1S/C12H20N2O4S/c1-7(6-19-5)14(4)12(18)13-10(15)8(2)9(3)11(16)17/h7H,6H2,1-5H3,(H,16,17)(H,13,15,18). The number of nitrogens with one attached hydrogen (secondary N) is 1. The molecule has 0 saturated carbocycles. The minimum atomic E-state index is -1.18. The smallest absolute Gasteiger partial charge is 0.331 e. The molecule has 0 rings (SSSR count). The molecule has 1 atom stereocenters. The normalized spacial score (nSPS) is 13.3. The van der Waals surface area contributed by atoms with E-state index in [0.29, 0.717) is 0 Å². The molecule has 108 valence electrons. The van der Waals surface area contributed by atoms with E-state index >= 15 is 0 Å². The van der Waals surface area contributed by atoms with E-state index in [0.717, 1.165) is 5.75 Å². The predicted octanol–water partition coefficient (Wildman–Crippen LogP) is 1.33. The quantitative estimate of drug-likeness (QED) is 0.745. The van der Waals surface area contributed by atoms with E-state index in [4.69, 9.17) is 5.11 Å². The van der Waals surface area contributed by atoms with Gasteiger partial charge in [0.05, 0.1) is 0 Å². The third-order valence-electron chi connectivity index (χ3n) is 2.83. The number of aliphatic carboxylic acids is 1. The Kier molecular flexibility index (Phi) is 7.21. The van der Waals surface area contributed by atoms with Crippen LogP contribution in [0.3, 0.4) is 0 Å². The molecule has 0 aromatic carbocycles. The summed E-state index contributed by atoms with van der Waals surface area (Å²) < 4.78 is 0. The van der Waals surface area contributed by atoms with Gasteiger partial charge >= 0.3 is 12.0 Å². The molecule has 0 radical (unpaired) electrons. The van der Waals surface area contributed by atoms with Crippen LogP contribution in [0.1, 0.15) is 20.8 Å². The first-order valence-corrected chi connectivity index (χ1v) is 7.09. The van der Waals surface area contributed by atoms with Gasteiger partial charge in [0.2, 0.25) is 0 Å². The summed E-state index contributed by atoms with van der Waals surface area (Å²) in [6, 6.07) is -0.559. The van der Waals surface area contributed by atoms with Crippen molar-refractivity contribution in [2.24, 2.45) is 0 Å². The van der Waals surface area contributed by atoms with Crippen molar-refractivity contribution in [2.75, 3.05) is 19.1 Å². The second kappa shape index (κ2) is 7.83. The molecule has 7 heteroatoms. The number of rotatable bonds is 5. The molecule has 3 amide bonds. The number of carboxylic acid groups (broad SMARTS) is 1. The number of nitrogens with zero attached hydrogens (tertiary/aromatic N) is 1. The molecule has 0 saturated heterocycles. The highest BCUT2D eigenvalue weighted by Gasteiger charge is 2.20. The number of carbonyl (C=O) groups is 3. The van der Waals surface area contributed by atoms with Crippen molar-refractivity contribution in [3.8, 4) is 0 Å². The average Bonchev–Trinajstić information content (AvgIpc) is 2.35. The second-order valence-corrected chi connectivity index (χ2v) is 5.14. The van der Waals surface area contributed by atoms with Crippen molar-refractivity contribution in [3.05, 3.63) is 11.1 Å². The molecule has 0 aliphatic heterocycles. The number of amides is 3. The molecule has 0 aromatic rings. The lowest BCUT2D eigenvalue weighted by Gasteiger charge is -2.24. The maximum Gasteiger partial charge on any atom is 0.331 e. The Labute approximate surface area is 117 Å². The summed E-state index contributed by atoms with van der Waals surface area (Å²) in [6.07, 6.45) is 1.93. The summed E-state index contributed by atoms with van der Waals surface area (Å²) >= 11 is 1.60. The van der Waals surface area contributed by atoms with Crippen LogP contribution >= 0.6 is 11.8 Å². The minimum absolute atomic E-state index is 0.0202. The van der Waals surface area contributed by atoms with E-state index < -0.39 is 17.9 Å². The van der Waals surface area contributed by atoms with Crippen LogP contribution in [0, 0.1) is 0 Å². The molecular weight excluding hydrogens is 268 g/mol. The predicted molar refractivity (Wildman–Crippen MR) is 75.2 cm³/mol. The number of hydrogen-bond donors (Lipinski definition) is 2. The third kappa shape index (κ3) is 5.34. The van der Waals surface area contributed by atoms with Crippen molar-refractivity contribution in [1.82, 2.24) is 10.2 Å². The first-order chi connectivity index (χ1) is 8.72. The maximum atomic E-state index is 11.8. The van der Waals surface area contributed by atoms with Crippen molar-refractivity contribution in [1.29, 1.82) is 0 Å². The molecule has 0 heterocycles. The average molecular weight is 288 g/mol. The van der Waals surface area contributed by atoms with Crippen molar-refractivity contribution in [2.45, 2.75) is 26.8 Å². The Morgan fingerprint density at radius 2 is 1.79 bits per heavy atom. The van der Waals surface area contributed by atoms with Gasteiger partial charge in [0, 0.05) is 30.0 Å². The van der Waals surface area contributed by atoms with Gasteiger partial charge in [-0.15, -0.1) is 0 Å². The van der Waals surface area contributed by atoms with Crippen LogP contribution in [0.15, 0.2) is 11.1 Å². The van der Waals surface area contributed by atoms with Crippen LogP contribution in [-0.4, -0.2) is 53.0 Å². The molecular formula is C12H20N2O4S. The SMILES string of the molecule is CSCC(C)N(C)C(=O)NC(=O)C(C)=C(C)C(=O)O. The number of imide groups is 1. The van der Waals surface area contributed by atoms with Crippen molar-refractivity contribution in [3.63, 3.8) is 0 Å². The van der Waals surface area contributed by atoms with Crippen LogP contribution in [0.5, 0.6) is 0 Å². The fraction of sp³-hybridized carbons (Fsp3) is 0.583. The van der Waals surface area contributed by atoms with Gasteiger partial charge < -0.3 is 10.0 Å². The largest absolute Gasteiger partial charge is 0.478 e. The number of urea groups is 1. The second-order valence-electron chi connectivity index (χ2n) is 4.23. The summed E-state index contributed by atoms with van der Waals surface area (Å²) in [7, 11) is 1.59. The Balaban J connectivity index is 4.70. The molecule has 2 N–H and O–H groups in total. The highest BCUT2D eigenvalue weighted by molar-refractivity contribution is 7.98. The van der Waals surface area contributed by atoms with E-state index in [1.54, 1.807) is 18.8 Å². The molecule has 1 unspecified atom stereocenters. The third-order valence-corrected chi connectivity index (χ3v) is 3.65. The highest BCUT2D eigenvalue weighted by Crippen LogP contribution is 2.06. The summed E-state index contributed by atoms with van der Waals surface area (Å²) in [6.45, 7) is 4.56. The topological polar surface area (TPSA) is 86.7 Å². The fourth-order valence-electron chi connectivity index (χ4n) is 1.16. The summed E-state index contributed by atoms with van der Waals surface area (Å²) in [5.41, 5.74) is -0.0584. The van der Waals surface area contributed by atoms with Gasteiger partial charge in [0.15, 0.2) is 0 Å². The van der Waals surface area contributed by atoms with Gasteiger partial charge in [-0.1, -0.05) is 0 Å². The van der Waals surface area contributed by atoms with Gasteiger partial charge in [-0.05, 0) is 27.0 Å². The molecule has 19 heavy (non-hydrogen) atoms. The Bertz CT molecular complexity index is 407. The Morgan fingerprint density at radius 3 is 2.21 bits per heavy atom. The fourth-order valence-corrected chi connectivity index (χ4v) is 1.87. The zero-order valence-corrected chi connectivity index (χ0v) is 12.6. The van der Waals surface area contributed by atoms with Gasteiger partial charge in [-0.2, -0.15) is 11.8 Å². The number of carboxylic acids is 1. The van der Waals surface area contributed by atoms with E-state index in [9.17, 15) is 14.4 Å². The monoisotopic (exact) mass is 288 g/mol. The first kappa shape index (κ1) is 17.5. The zero-order chi connectivity index (χ0) is 15.2. The van der Waals surface area contributed by atoms with E-state index in [1.807, 2.05) is 13.2 Å². The van der Waals surface area contributed by atoms with Crippen molar-refractivity contribution < 1.29 is 19.5 Å². The van der Waals surface area contributed by atoms with Gasteiger partial charge in [0.1, 0.15) is 0 Å². The van der Waals surface area contributed by atoms with Crippen LogP contribution < -0.4 is 5.32 Å². The van der Waals surface area contributed by atoms with Crippen molar-refractivity contribution >= 4 is 29.7 Å². The molecule has 0 bridgehead atoms. The molecule has 0 aliphatic carbocycles. The lowest BCUT2D eigenvalue weighted by Crippen LogP contribution is -2.46. The molecule has 0 spiro atoms. The lowest BCUT2D eigenvalue weighted by atomic mass is 10.1. The van der Waals surface area contributed by atoms with Gasteiger partial charge in [0.25, 0.3) is 5.91 Å². The number of thioether (sulfide) groups is 1. The Morgan fingerprint density at radius 1 is 1.26 bits per heavy atom. The molecule has 0 fully saturated rings. The van der Waals surface area contributed by atoms with Crippen LogP contribution in [0.2, 0.25) is 0 Å². The summed E-state index contributed by atoms with van der Waals surface area (Å²) in [5.74, 6) is -1.11. The molecule has 6 nitrogen and oxygen atoms in total. The lowest BCUT2D eigenvalue weighted by molar-refractivity contribution is -0.133. The van der Waals surface area contributed by atoms with Crippen LogP contribution in [-0.2, 0) is 9.59 Å². The van der Waals surface area contributed by atoms with Gasteiger partial charge in [-0.3, -0.25) is 10.1 Å². The molecule has 0 aliphatic rings. The summed E-state index contributed by atoms with van der Waals surface area (Å²) in [5, 5.41) is 10.9. The van der Waals surface area contributed by atoms with E-state index in [-0.39, 0.29) is 17.2 Å². The number of carbonyl (C=O) groups excluding carboxylic acids is 2. The van der Waals surface area contributed by atoms with Crippen LogP contribution in [0.25, 0.3) is 0 Å². The summed E-state index contributed by atoms with van der Waals surface area (Å²) in [4.78, 5) is 35.6. The van der Waals surface area contributed by atoms with Gasteiger partial charge in [-0.25, -0.2) is 9.59 Å². The molecule has 0 aromatic heterocycles. The zero-order valence-electron chi connectivity index (χ0n) is 11.8.